The summed E-state index contributed by atoms with van der Waals surface area (Å²) in [5, 5.41) is 0. The Hall–Kier alpha value is -2.59. The maximum absolute atomic E-state index is 12.7. The SMILES string of the molecule is CCCCC/C=C\C/C=C\C/C=C\C/C=C\C/C=C\CCC(=O)O[C@H](COC(=O)CCCCCCC/C=C\CC1OC1CCCCC)COP(=O)(O)OCC[N+](C)(C)C. The van der Waals surface area contributed by atoms with E-state index >= 15 is 0 Å². The molecule has 3 unspecified atom stereocenters. The molecule has 10 nitrogen and oxygen atoms in total. The number of hydrogen-bond acceptors (Lipinski definition) is 8. The zero-order valence-corrected chi connectivity index (χ0v) is 38.5. The molecule has 1 fully saturated rings. The molecule has 0 amide bonds. The summed E-state index contributed by atoms with van der Waals surface area (Å²) in [5.41, 5.74) is 0. The Balaban J connectivity index is 2.34. The van der Waals surface area contributed by atoms with Gasteiger partial charge in [0, 0.05) is 12.8 Å². The molecule has 1 heterocycles. The van der Waals surface area contributed by atoms with E-state index in [1.165, 1.54) is 51.4 Å². The first-order valence-corrected chi connectivity index (χ1v) is 24.3. The van der Waals surface area contributed by atoms with Crippen LogP contribution in [0.25, 0.3) is 0 Å². The summed E-state index contributed by atoms with van der Waals surface area (Å²) in [5.74, 6) is -0.923. The minimum atomic E-state index is -4.41. The van der Waals surface area contributed by atoms with E-state index in [1.807, 2.05) is 33.3 Å². The lowest BCUT2D eigenvalue weighted by Gasteiger charge is -2.24. The molecule has 0 bridgehead atoms. The number of hydrogen-bond donors (Lipinski definition) is 1. The first kappa shape index (κ1) is 54.4. The number of phosphoric ester groups is 1. The first-order chi connectivity index (χ1) is 28.5. The summed E-state index contributed by atoms with van der Waals surface area (Å²) in [6.07, 6.45) is 47.1. The lowest BCUT2D eigenvalue weighted by atomic mass is 10.1. The highest BCUT2D eigenvalue weighted by Gasteiger charge is 2.36. The molecule has 0 saturated carbocycles. The number of carbonyl (C=O) groups is 2. The molecule has 0 spiro atoms. The summed E-state index contributed by atoms with van der Waals surface area (Å²) in [4.78, 5) is 35.4. The lowest BCUT2D eigenvalue weighted by molar-refractivity contribution is -0.870. The van der Waals surface area contributed by atoms with E-state index in [4.69, 9.17) is 23.3 Å². The highest BCUT2D eigenvalue weighted by molar-refractivity contribution is 7.47. The van der Waals surface area contributed by atoms with Gasteiger partial charge in [-0.3, -0.25) is 18.6 Å². The minimum absolute atomic E-state index is 0.0102. The molecule has 0 aromatic rings. The zero-order chi connectivity index (χ0) is 43.3. The van der Waals surface area contributed by atoms with Crippen molar-refractivity contribution >= 4 is 19.8 Å². The molecule has 0 radical (unpaired) electrons. The number of carbonyl (C=O) groups excluding carboxylic acids is 2. The quantitative estimate of drug-likeness (QED) is 0.0161. The second kappa shape index (κ2) is 36.1. The van der Waals surface area contributed by atoms with Gasteiger partial charge in [-0.25, -0.2) is 4.57 Å². The Bertz CT molecular complexity index is 1300. The van der Waals surface area contributed by atoms with E-state index < -0.39 is 32.5 Å². The van der Waals surface area contributed by atoms with Crippen molar-refractivity contribution in [3.63, 3.8) is 0 Å². The zero-order valence-electron chi connectivity index (χ0n) is 37.7. The number of allylic oxidation sites excluding steroid dienone is 11. The third kappa shape index (κ3) is 36.9. The van der Waals surface area contributed by atoms with Gasteiger partial charge < -0.3 is 23.6 Å². The maximum Gasteiger partial charge on any atom is 0.472 e. The van der Waals surface area contributed by atoms with Crippen LogP contribution in [0, 0.1) is 0 Å². The number of epoxide rings is 1. The average Bonchev–Trinajstić information content (AvgIpc) is 3.94. The van der Waals surface area contributed by atoms with E-state index in [0.717, 1.165) is 64.2 Å². The first-order valence-electron chi connectivity index (χ1n) is 22.8. The Kier molecular flexibility index (Phi) is 33.3. The van der Waals surface area contributed by atoms with Gasteiger partial charge in [0.2, 0.25) is 0 Å². The van der Waals surface area contributed by atoms with Crippen LogP contribution in [-0.2, 0) is 37.4 Å². The molecule has 1 N–H and O–H groups in total. The van der Waals surface area contributed by atoms with Crippen LogP contribution in [0.5, 0.6) is 0 Å². The van der Waals surface area contributed by atoms with Gasteiger partial charge in [-0.15, -0.1) is 0 Å². The van der Waals surface area contributed by atoms with Crippen LogP contribution in [0.1, 0.15) is 155 Å². The standard InChI is InChI=1S/C48H82NO9P/c1-6-8-10-11-12-13-14-15-16-17-18-19-20-21-22-23-28-31-35-39-48(51)57-44(43-56-59(52,53)55-41-40-49(3,4)5)42-54-47(50)38-34-30-27-25-24-26-29-33-37-46-45(58-46)36-32-9-7-2/h12-13,15-16,18-19,21-22,28-29,31,33,44-46H,6-11,14,17,20,23-27,30,32,34-43H2,1-5H3/p+1/b13-12-,16-15-,19-18-,22-21-,31-28-,33-29-/t44-,45?,46?/m1/s1. The minimum Gasteiger partial charge on any atom is -0.462 e. The molecule has 11 heteroatoms. The van der Waals surface area contributed by atoms with Gasteiger partial charge in [0.15, 0.2) is 6.10 Å². The summed E-state index contributed by atoms with van der Waals surface area (Å²) >= 11 is 0. The number of esters is 2. The van der Waals surface area contributed by atoms with Crippen LogP contribution < -0.4 is 0 Å². The molecule has 1 aliphatic heterocycles. The number of unbranched alkanes of at least 4 members (excludes halogenated alkanes) is 10. The third-order valence-electron chi connectivity index (χ3n) is 9.65. The average molecular weight is 849 g/mol. The molecule has 0 aromatic heterocycles. The molecular formula is C48H83NO9P+. The van der Waals surface area contributed by atoms with Crippen LogP contribution in [0.2, 0.25) is 0 Å². The van der Waals surface area contributed by atoms with Crippen molar-refractivity contribution in [1.29, 1.82) is 0 Å². The Morgan fingerprint density at radius 3 is 1.80 bits per heavy atom. The van der Waals surface area contributed by atoms with E-state index in [0.29, 0.717) is 36.1 Å². The van der Waals surface area contributed by atoms with Gasteiger partial charge in [-0.2, -0.15) is 0 Å². The van der Waals surface area contributed by atoms with Crippen molar-refractivity contribution in [2.75, 3.05) is 47.5 Å². The van der Waals surface area contributed by atoms with E-state index in [1.54, 1.807) is 0 Å². The number of likely N-dealkylation sites (N-methyl/N-ethyl adjacent to an activating group) is 1. The van der Waals surface area contributed by atoms with Gasteiger partial charge in [-0.05, 0) is 77.0 Å². The lowest BCUT2D eigenvalue weighted by Crippen LogP contribution is -2.37. The predicted octanol–water partition coefficient (Wildman–Crippen LogP) is 12.0. The molecule has 0 aromatic carbocycles. The molecule has 59 heavy (non-hydrogen) atoms. The molecule has 0 aliphatic carbocycles. The van der Waals surface area contributed by atoms with Crippen molar-refractivity contribution in [2.45, 2.75) is 173 Å². The Labute approximate surface area is 359 Å². The molecule has 338 valence electrons. The smallest absolute Gasteiger partial charge is 0.462 e. The number of ether oxygens (including phenoxy) is 3. The topological polar surface area (TPSA) is 121 Å². The summed E-state index contributed by atoms with van der Waals surface area (Å²) in [6.45, 7) is 4.24. The van der Waals surface area contributed by atoms with E-state index in [9.17, 15) is 19.0 Å². The second-order valence-corrected chi connectivity index (χ2v) is 17.9. The van der Waals surface area contributed by atoms with Gasteiger partial charge in [-0.1, -0.05) is 138 Å². The number of phosphoric acid groups is 1. The Morgan fingerprint density at radius 1 is 0.627 bits per heavy atom. The van der Waals surface area contributed by atoms with Crippen molar-refractivity contribution < 1.29 is 46.8 Å². The number of rotatable bonds is 39. The molecule has 1 saturated heterocycles. The van der Waals surface area contributed by atoms with Crippen molar-refractivity contribution in [3.8, 4) is 0 Å². The summed E-state index contributed by atoms with van der Waals surface area (Å²) in [7, 11) is 1.40. The van der Waals surface area contributed by atoms with Crippen LogP contribution >= 0.6 is 7.82 Å². The predicted molar refractivity (Wildman–Crippen MR) is 242 cm³/mol. The van der Waals surface area contributed by atoms with E-state index in [2.05, 4.69) is 74.6 Å². The molecule has 4 atom stereocenters. The molecular weight excluding hydrogens is 766 g/mol. The van der Waals surface area contributed by atoms with E-state index in [-0.39, 0.29) is 26.1 Å². The summed E-state index contributed by atoms with van der Waals surface area (Å²) in [6, 6.07) is 0. The maximum atomic E-state index is 12.7. The largest absolute Gasteiger partial charge is 0.472 e. The van der Waals surface area contributed by atoms with Crippen molar-refractivity contribution in [3.05, 3.63) is 72.9 Å². The Morgan fingerprint density at radius 2 is 1.17 bits per heavy atom. The molecule has 1 aliphatic rings. The van der Waals surface area contributed by atoms with Crippen LogP contribution in [0.4, 0.5) is 0 Å². The highest BCUT2D eigenvalue weighted by atomic mass is 31.2. The fourth-order valence-corrected chi connectivity index (χ4v) is 6.68. The monoisotopic (exact) mass is 849 g/mol. The van der Waals surface area contributed by atoms with Gasteiger partial charge in [0.1, 0.15) is 19.8 Å². The van der Waals surface area contributed by atoms with Gasteiger partial charge >= 0.3 is 19.8 Å². The van der Waals surface area contributed by atoms with Crippen LogP contribution in [0.15, 0.2) is 72.9 Å². The highest BCUT2D eigenvalue weighted by Crippen LogP contribution is 2.43. The normalized spacial score (nSPS) is 17.7. The van der Waals surface area contributed by atoms with Crippen molar-refractivity contribution in [2.24, 2.45) is 0 Å². The van der Waals surface area contributed by atoms with Gasteiger partial charge in [0.25, 0.3) is 0 Å². The fourth-order valence-electron chi connectivity index (χ4n) is 5.94. The van der Waals surface area contributed by atoms with Gasteiger partial charge in [0.05, 0.1) is 40.0 Å². The van der Waals surface area contributed by atoms with Crippen LogP contribution in [-0.4, -0.2) is 87.1 Å². The number of quaternary nitrogens is 1. The van der Waals surface area contributed by atoms with Crippen molar-refractivity contribution in [1.82, 2.24) is 0 Å². The number of nitrogens with zero attached hydrogens (tertiary/aromatic N) is 1. The summed E-state index contributed by atoms with van der Waals surface area (Å²) < 4.78 is 40.0. The second-order valence-electron chi connectivity index (χ2n) is 16.5. The molecule has 1 rings (SSSR count). The fraction of sp³-hybridized carbons (Fsp3) is 0.708. The van der Waals surface area contributed by atoms with Crippen LogP contribution in [0.3, 0.4) is 0 Å². The third-order valence-corrected chi connectivity index (χ3v) is 10.6.